The Morgan fingerprint density at radius 3 is 2.90 bits per heavy atom. The molecule has 0 radical (unpaired) electrons. The highest BCUT2D eigenvalue weighted by Gasteiger charge is 2.14. The molecular weight excluding hydrogens is 290 g/mol. The third-order valence-corrected chi connectivity index (χ3v) is 4.23. The summed E-state index contributed by atoms with van der Waals surface area (Å²) >= 11 is 7.76. The molecule has 0 aliphatic rings. The Morgan fingerprint density at radius 1 is 1.35 bits per heavy atom. The number of nitrogen functional groups attached to an aromatic ring is 1. The Labute approximate surface area is 128 Å². The highest BCUT2D eigenvalue weighted by Crippen LogP contribution is 2.28. The van der Waals surface area contributed by atoms with Gasteiger partial charge in [-0.1, -0.05) is 30.7 Å². The molecule has 1 atom stereocenters. The van der Waals surface area contributed by atoms with Gasteiger partial charge in [-0.2, -0.15) is 0 Å². The van der Waals surface area contributed by atoms with E-state index in [-0.39, 0.29) is 6.04 Å². The summed E-state index contributed by atoms with van der Waals surface area (Å²) in [5.41, 5.74) is 7.01. The quantitative estimate of drug-likeness (QED) is 0.798. The van der Waals surface area contributed by atoms with E-state index in [1.807, 2.05) is 30.3 Å². The van der Waals surface area contributed by atoms with E-state index in [1.165, 1.54) is 0 Å². The van der Waals surface area contributed by atoms with Crippen molar-refractivity contribution in [2.45, 2.75) is 17.9 Å². The van der Waals surface area contributed by atoms with Crippen LogP contribution in [-0.4, -0.2) is 17.3 Å². The summed E-state index contributed by atoms with van der Waals surface area (Å²) in [6, 6.07) is 12.0. The molecule has 0 aliphatic heterocycles. The number of nitrogens with two attached hydrogens (primary N) is 1. The smallest absolute Gasteiger partial charge is 0.128 e. The van der Waals surface area contributed by atoms with Crippen molar-refractivity contribution in [2.24, 2.45) is 0 Å². The van der Waals surface area contributed by atoms with Gasteiger partial charge in [0.25, 0.3) is 0 Å². The van der Waals surface area contributed by atoms with Gasteiger partial charge in [0.15, 0.2) is 0 Å². The topological polar surface area (TPSA) is 50.9 Å². The Morgan fingerprint density at radius 2 is 2.20 bits per heavy atom. The first-order valence-electron chi connectivity index (χ1n) is 6.53. The summed E-state index contributed by atoms with van der Waals surface area (Å²) in [6.45, 7) is 2.97. The van der Waals surface area contributed by atoms with Gasteiger partial charge in [0.05, 0.1) is 0 Å². The fourth-order valence-corrected chi connectivity index (χ4v) is 3.26. The van der Waals surface area contributed by atoms with Gasteiger partial charge in [0, 0.05) is 33.5 Å². The molecule has 0 spiro atoms. The zero-order valence-electron chi connectivity index (χ0n) is 11.3. The summed E-state index contributed by atoms with van der Waals surface area (Å²) in [5, 5.41) is 4.21. The number of nitrogens with zero attached hydrogens (tertiary/aromatic N) is 1. The summed E-state index contributed by atoms with van der Waals surface area (Å²) in [5.74, 6) is 1.47. The number of rotatable bonds is 6. The Hall–Kier alpha value is -1.23. The molecule has 1 aromatic heterocycles. The minimum Gasteiger partial charge on any atom is -0.383 e. The van der Waals surface area contributed by atoms with Gasteiger partial charge >= 0.3 is 0 Å². The minimum absolute atomic E-state index is 0.178. The molecule has 0 saturated carbocycles. The Bertz CT molecular complexity index is 562. The van der Waals surface area contributed by atoms with Crippen molar-refractivity contribution in [2.75, 3.05) is 18.0 Å². The summed E-state index contributed by atoms with van der Waals surface area (Å²) < 4.78 is 0. The lowest BCUT2D eigenvalue weighted by Crippen LogP contribution is -2.24. The van der Waals surface area contributed by atoms with Crippen LogP contribution in [0.2, 0.25) is 5.02 Å². The van der Waals surface area contributed by atoms with Crippen LogP contribution in [0.3, 0.4) is 0 Å². The van der Waals surface area contributed by atoms with Gasteiger partial charge < -0.3 is 11.1 Å². The maximum absolute atomic E-state index is 6.00. The molecule has 0 fully saturated rings. The molecular formula is C15H18ClN3S. The maximum atomic E-state index is 6.00. The summed E-state index contributed by atoms with van der Waals surface area (Å²) in [6.07, 6.45) is 1.71. The predicted molar refractivity (Wildman–Crippen MR) is 87.2 cm³/mol. The fraction of sp³-hybridized carbons (Fsp3) is 0.267. The van der Waals surface area contributed by atoms with Crippen molar-refractivity contribution in [3.05, 3.63) is 53.2 Å². The molecule has 2 aromatic rings. The number of anilines is 1. The summed E-state index contributed by atoms with van der Waals surface area (Å²) in [7, 11) is 0. The molecule has 3 N–H and O–H groups in total. The van der Waals surface area contributed by atoms with E-state index in [0.717, 1.165) is 27.8 Å². The maximum Gasteiger partial charge on any atom is 0.128 e. The number of hydrogen-bond donors (Lipinski definition) is 2. The lowest BCUT2D eigenvalue weighted by atomic mass is 10.1. The average molecular weight is 308 g/mol. The van der Waals surface area contributed by atoms with Crippen molar-refractivity contribution in [1.82, 2.24) is 10.3 Å². The molecule has 0 amide bonds. The third kappa shape index (κ3) is 4.13. The number of hydrogen-bond acceptors (Lipinski definition) is 4. The fourth-order valence-electron chi connectivity index (χ4n) is 1.97. The first-order valence-corrected chi connectivity index (χ1v) is 7.89. The molecule has 0 bridgehead atoms. The first kappa shape index (κ1) is 15.2. The van der Waals surface area contributed by atoms with E-state index in [4.69, 9.17) is 17.3 Å². The standard InChI is InChI=1S/C15H18ClN3S/c1-2-18-14(13-7-4-8-19-15(13)17)10-20-12-6-3-5-11(16)9-12/h3-9,14,18H,2,10H2,1H3,(H2,17,19). The zero-order chi connectivity index (χ0) is 14.4. The van der Waals surface area contributed by atoms with E-state index in [9.17, 15) is 0 Å². The number of thioether (sulfide) groups is 1. The summed E-state index contributed by atoms with van der Waals surface area (Å²) in [4.78, 5) is 5.31. The number of nitrogens with one attached hydrogen (secondary N) is 1. The van der Waals surface area contributed by atoms with Crippen LogP contribution in [0.25, 0.3) is 0 Å². The molecule has 1 aromatic carbocycles. The van der Waals surface area contributed by atoms with Crippen molar-refractivity contribution in [3.63, 3.8) is 0 Å². The van der Waals surface area contributed by atoms with Gasteiger partial charge in [-0.3, -0.25) is 0 Å². The Kier molecular flexibility index (Phi) is 5.71. The highest BCUT2D eigenvalue weighted by molar-refractivity contribution is 7.99. The number of halogens is 1. The van der Waals surface area contributed by atoms with E-state index >= 15 is 0 Å². The number of pyridine rings is 1. The largest absolute Gasteiger partial charge is 0.383 e. The number of benzene rings is 1. The van der Waals surface area contributed by atoms with Gasteiger partial charge in [0.2, 0.25) is 0 Å². The lowest BCUT2D eigenvalue weighted by molar-refractivity contribution is 0.606. The molecule has 1 unspecified atom stereocenters. The molecule has 2 rings (SSSR count). The lowest BCUT2D eigenvalue weighted by Gasteiger charge is -2.19. The number of aromatic nitrogens is 1. The second-order valence-electron chi connectivity index (χ2n) is 4.36. The SMILES string of the molecule is CCNC(CSc1cccc(Cl)c1)c1cccnc1N. The van der Waals surface area contributed by atoms with E-state index in [0.29, 0.717) is 5.82 Å². The van der Waals surface area contributed by atoms with Crippen molar-refractivity contribution in [1.29, 1.82) is 0 Å². The average Bonchev–Trinajstić information content (AvgIpc) is 2.44. The van der Waals surface area contributed by atoms with Crippen molar-refractivity contribution < 1.29 is 0 Å². The van der Waals surface area contributed by atoms with Crippen LogP contribution in [0.5, 0.6) is 0 Å². The van der Waals surface area contributed by atoms with Gasteiger partial charge in [0.1, 0.15) is 5.82 Å². The molecule has 0 saturated heterocycles. The van der Waals surface area contributed by atoms with Gasteiger partial charge in [-0.15, -0.1) is 11.8 Å². The minimum atomic E-state index is 0.178. The van der Waals surface area contributed by atoms with Crippen LogP contribution in [0, 0.1) is 0 Å². The highest BCUT2D eigenvalue weighted by atomic mass is 35.5. The Balaban J connectivity index is 2.08. The van der Waals surface area contributed by atoms with Crippen LogP contribution >= 0.6 is 23.4 Å². The van der Waals surface area contributed by atoms with Gasteiger partial charge in [-0.05, 0) is 30.8 Å². The second-order valence-corrected chi connectivity index (χ2v) is 5.89. The normalized spacial score (nSPS) is 12.3. The van der Waals surface area contributed by atoms with Crippen LogP contribution in [0.15, 0.2) is 47.5 Å². The zero-order valence-corrected chi connectivity index (χ0v) is 12.9. The van der Waals surface area contributed by atoms with Crippen LogP contribution in [0.1, 0.15) is 18.5 Å². The second kappa shape index (κ2) is 7.53. The molecule has 0 aliphatic carbocycles. The van der Waals surface area contributed by atoms with E-state index in [2.05, 4.69) is 23.3 Å². The monoisotopic (exact) mass is 307 g/mol. The molecule has 5 heteroatoms. The van der Waals surface area contributed by atoms with Crippen LogP contribution in [0.4, 0.5) is 5.82 Å². The van der Waals surface area contributed by atoms with E-state index < -0.39 is 0 Å². The molecule has 1 heterocycles. The van der Waals surface area contributed by atoms with Crippen LogP contribution < -0.4 is 11.1 Å². The third-order valence-electron chi connectivity index (χ3n) is 2.91. The van der Waals surface area contributed by atoms with Gasteiger partial charge in [-0.25, -0.2) is 4.98 Å². The van der Waals surface area contributed by atoms with Crippen molar-refractivity contribution in [3.8, 4) is 0 Å². The molecule has 3 nitrogen and oxygen atoms in total. The first-order chi connectivity index (χ1) is 9.70. The van der Waals surface area contributed by atoms with Crippen LogP contribution in [-0.2, 0) is 0 Å². The molecule has 106 valence electrons. The molecule has 20 heavy (non-hydrogen) atoms. The van der Waals surface area contributed by atoms with Crippen molar-refractivity contribution >= 4 is 29.2 Å². The van der Waals surface area contributed by atoms with E-state index in [1.54, 1.807) is 18.0 Å². The predicted octanol–water partition coefficient (Wildman–Crippen LogP) is 3.76.